The number of halogens is 1. The lowest BCUT2D eigenvalue weighted by molar-refractivity contribution is -0.0685. The van der Waals surface area contributed by atoms with E-state index in [1.165, 1.54) is 5.56 Å². The Hall–Kier alpha value is -0.810. The van der Waals surface area contributed by atoms with Crippen molar-refractivity contribution in [2.45, 2.75) is 44.9 Å². The molecular weight excluding hydrogens is 336 g/mol. The lowest BCUT2D eigenvalue weighted by Gasteiger charge is -2.52. The van der Waals surface area contributed by atoms with E-state index in [2.05, 4.69) is 46.1 Å². The second kappa shape index (κ2) is 5.19. The van der Waals surface area contributed by atoms with Gasteiger partial charge >= 0.3 is 0 Å². The molecule has 3 nitrogen and oxygen atoms in total. The lowest BCUT2D eigenvalue weighted by atomic mass is 9.90. The summed E-state index contributed by atoms with van der Waals surface area (Å²) in [5.41, 5.74) is 0.859. The van der Waals surface area contributed by atoms with Crippen LogP contribution in [0.3, 0.4) is 0 Å². The number of fused-ring (bicyclic) bond motifs is 4. The summed E-state index contributed by atoms with van der Waals surface area (Å²) < 4.78 is 7.38. The first-order chi connectivity index (χ1) is 9.53. The average Bonchev–Trinajstić information content (AvgIpc) is 2.39. The van der Waals surface area contributed by atoms with Crippen LogP contribution in [0.4, 0.5) is 0 Å². The molecule has 3 rings (SSSR count). The van der Waals surface area contributed by atoms with Crippen LogP contribution in [0.25, 0.3) is 0 Å². The number of hydrogen-bond acceptors (Lipinski definition) is 2. The number of nitrogens with zero attached hydrogens (tertiary/aromatic N) is 1. The molecule has 5 heteroatoms. The fourth-order valence-electron chi connectivity index (χ4n) is 3.04. The Morgan fingerprint density at radius 3 is 3.10 bits per heavy atom. The van der Waals surface area contributed by atoms with Gasteiger partial charge in [-0.3, -0.25) is 0 Å². The summed E-state index contributed by atoms with van der Waals surface area (Å²) in [6, 6.07) is 6.43. The zero-order valence-corrected chi connectivity index (χ0v) is 14.2. The highest BCUT2D eigenvalue weighted by atomic mass is 79.9. The van der Waals surface area contributed by atoms with E-state index in [-0.39, 0.29) is 11.8 Å². The lowest BCUT2D eigenvalue weighted by Crippen LogP contribution is -2.64. The monoisotopic (exact) mass is 354 g/mol. The predicted molar refractivity (Wildman–Crippen MR) is 87.9 cm³/mol. The highest BCUT2D eigenvalue weighted by Gasteiger charge is 2.47. The van der Waals surface area contributed by atoms with Gasteiger partial charge in [-0.15, -0.1) is 0 Å². The largest absolute Gasteiger partial charge is 0.468 e. The zero-order valence-electron chi connectivity index (χ0n) is 11.8. The van der Waals surface area contributed by atoms with Crippen molar-refractivity contribution in [1.82, 2.24) is 10.2 Å². The molecule has 1 aromatic carbocycles. The fourth-order valence-corrected chi connectivity index (χ4v) is 3.85. The van der Waals surface area contributed by atoms with Crippen molar-refractivity contribution in [3.63, 3.8) is 0 Å². The molecule has 108 valence electrons. The molecular formula is C15H19BrN2OS. The molecule has 0 spiro atoms. The van der Waals surface area contributed by atoms with Gasteiger partial charge in [-0.05, 0) is 43.8 Å². The number of ether oxygens (including phenoxy) is 1. The van der Waals surface area contributed by atoms with Crippen LogP contribution < -0.4 is 10.1 Å². The summed E-state index contributed by atoms with van der Waals surface area (Å²) in [5, 5.41) is 4.28. The minimum atomic E-state index is -0.330. The molecule has 1 aromatic rings. The van der Waals surface area contributed by atoms with E-state index in [4.69, 9.17) is 17.0 Å². The van der Waals surface area contributed by atoms with Gasteiger partial charge < -0.3 is 15.0 Å². The van der Waals surface area contributed by atoms with E-state index < -0.39 is 0 Å². The van der Waals surface area contributed by atoms with Gasteiger partial charge in [-0.2, -0.15) is 0 Å². The molecule has 2 aliphatic heterocycles. The predicted octanol–water partition coefficient (Wildman–Crippen LogP) is 3.98. The molecule has 20 heavy (non-hydrogen) atoms. The number of thiocarbonyl (C=S) groups is 1. The minimum Gasteiger partial charge on any atom is -0.468 e. The van der Waals surface area contributed by atoms with Gasteiger partial charge in [0.05, 0.1) is 6.04 Å². The summed E-state index contributed by atoms with van der Waals surface area (Å²) >= 11 is 9.08. The molecule has 2 bridgehead atoms. The second-order valence-corrected chi connectivity index (χ2v) is 6.97. The Morgan fingerprint density at radius 1 is 1.55 bits per heavy atom. The first kappa shape index (κ1) is 14.1. The van der Waals surface area contributed by atoms with Gasteiger partial charge in [-0.1, -0.05) is 29.3 Å². The molecule has 0 aliphatic carbocycles. The second-order valence-electron chi connectivity index (χ2n) is 5.67. The van der Waals surface area contributed by atoms with Crippen molar-refractivity contribution >= 4 is 33.3 Å². The van der Waals surface area contributed by atoms with Crippen LogP contribution in [0, 0.1) is 0 Å². The van der Waals surface area contributed by atoms with Crippen LogP contribution in [-0.2, 0) is 0 Å². The maximum Gasteiger partial charge on any atom is 0.184 e. The van der Waals surface area contributed by atoms with Gasteiger partial charge in [0.25, 0.3) is 0 Å². The van der Waals surface area contributed by atoms with Crippen molar-refractivity contribution in [3.05, 3.63) is 28.2 Å². The van der Waals surface area contributed by atoms with Crippen molar-refractivity contribution in [1.29, 1.82) is 0 Å². The van der Waals surface area contributed by atoms with Gasteiger partial charge in [-0.25, -0.2) is 0 Å². The van der Waals surface area contributed by atoms with Crippen LogP contribution in [0.2, 0.25) is 0 Å². The van der Waals surface area contributed by atoms with Crippen LogP contribution in [-0.4, -0.2) is 22.3 Å². The highest BCUT2D eigenvalue weighted by molar-refractivity contribution is 9.10. The number of benzene rings is 1. The molecule has 2 aliphatic rings. The smallest absolute Gasteiger partial charge is 0.184 e. The molecule has 0 amide bonds. The average molecular weight is 355 g/mol. The molecule has 2 unspecified atom stereocenters. The van der Waals surface area contributed by atoms with Crippen molar-refractivity contribution < 1.29 is 4.74 Å². The summed E-state index contributed by atoms with van der Waals surface area (Å²) in [6.45, 7) is 5.28. The molecule has 2 heterocycles. The molecule has 0 aromatic heterocycles. The van der Waals surface area contributed by atoms with E-state index in [9.17, 15) is 0 Å². The fraction of sp³-hybridized carbons (Fsp3) is 0.533. The van der Waals surface area contributed by atoms with Gasteiger partial charge in [0, 0.05) is 23.0 Å². The summed E-state index contributed by atoms with van der Waals surface area (Å²) in [7, 11) is 0. The van der Waals surface area contributed by atoms with Crippen LogP contribution >= 0.6 is 28.1 Å². The summed E-state index contributed by atoms with van der Waals surface area (Å²) in [6.07, 6.45) is 3.20. The SMILES string of the molecule is CCCCN1C(=S)NC2CC1(C)Oc1ccc(Br)cc12. The standard InChI is InChI=1S/C15H19BrN2OS/c1-3-4-7-18-14(20)17-12-9-15(18,2)19-13-6-5-10(16)8-11(12)13/h5-6,8,12H,3-4,7,9H2,1-2H3,(H,17,20). The highest BCUT2D eigenvalue weighted by Crippen LogP contribution is 2.44. The Kier molecular flexibility index (Phi) is 3.67. The van der Waals surface area contributed by atoms with Crippen molar-refractivity contribution in [3.8, 4) is 5.75 Å². The van der Waals surface area contributed by atoms with E-state index in [1.54, 1.807) is 0 Å². The van der Waals surface area contributed by atoms with E-state index >= 15 is 0 Å². The molecule has 1 fully saturated rings. The quantitative estimate of drug-likeness (QED) is 0.829. The maximum atomic E-state index is 6.30. The van der Waals surface area contributed by atoms with Crippen LogP contribution in [0.5, 0.6) is 5.75 Å². The minimum absolute atomic E-state index is 0.242. The number of unbranched alkanes of at least 4 members (excludes halogenated alkanes) is 1. The Balaban J connectivity index is 1.96. The topological polar surface area (TPSA) is 24.5 Å². The third-order valence-corrected chi connectivity index (χ3v) is 4.94. The van der Waals surface area contributed by atoms with Crippen LogP contribution in [0.1, 0.15) is 44.7 Å². The van der Waals surface area contributed by atoms with E-state index in [1.807, 2.05) is 12.1 Å². The van der Waals surface area contributed by atoms with E-state index in [0.717, 1.165) is 41.1 Å². The van der Waals surface area contributed by atoms with Gasteiger partial charge in [0.2, 0.25) is 0 Å². The number of rotatable bonds is 3. The Labute approximate surface area is 133 Å². The summed E-state index contributed by atoms with van der Waals surface area (Å²) in [5.74, 6) is 0.962. The third-order valence-electron chi connectivity index (χ3n) is 4.11. The molecule has 1 N–H and O–H groups in total. The molecule has 2 atom stereocenters. The van der Waals surface area contributed by atoms with Crippen molar-refractivity contribution in [2.24, 2.45) is 0 Å². The number of nitrogens with one attached hydrogen (secondary N) is 1. The molecule has 1 saturated heterocycles. The Morgan fingerprint density at radius 2 is 2.35 bits per heavy atom. The maximum absolute atomic E-state index is 6.30. The zero-order chi connectivity index (χ0) is 14.3. The molecule has 0 radical (unpaired) electrons. The Bertz CT molecular complexity index is 551. The summed E-state index contributed by atoms with van der Waals surface area (Å²) in [4.78, 5) is 2.20. The van der Waals surface area contributed by atoms with E-state index in [0.29, 0.717) is 0 Å². The number of hydrogen-bond donors (Lipinski definition) is 1. The van der Waals surface area contributed by atoms with Gasteiger partial charge in [0.15, 0.2) is 10.8 Å². The normalized spacial score (nSPS) is 27.6. The third kappa shape index (κ3) is 2.31. The molecule has 0 saturated carbocycles. The first-order valence-electron chi connectivity index (χ1n) is 7.10. The van der Waals surface area contributed by atoms with Crippen LogP contribution in [0.15, 0.2) is 22.7 Å². The van der Waals surface area contributed by atoms with Crippen molar-refractivity contribution in [2.75, 3.05) is 6.54 Å². The first-order valence-corrected chi connectivity index (χ1v) is 8.30. The van der Waals surface area contributed by atoms with Gasteiger partial charge in [0.1, 0.15) is 5.75 Å².